The highest BCUT2D eigenvalue weighted by Crippen LogP contribution is 2.31. The zero-order valence-corrected chi connectivity index (χ0v) is 10.8. The van der Waals surface area contributed by atoms with E-state index in [1.165, 1.54) is 16.7 Å². The van der Waals surface area contributed by atoms with E-state index in [4.69, 9.17) is 0 Å². The van der Waals surface area contributed by atoms with E-state index in [-0.39, 0.29) is 0 Å². The molecule has 0 nitrogen and oxygen atoms in total. The fourth-order valence-corrected chi connectivity index (χ4v) is 2.20. The van der Waals surface area contributed by atoms with Crippen LogP contribution in [0.4, 0.5) is 0 Å². The van der Waals surface area contributed by atoms with Gasteiger partial charge in [-0.2, -0.15) is 0 Å². The van der Waals surface area contributed by atoms with Crippen LogP contribution in [0.5, 0.6) is 0 Å². The second-order valence-corrected chi connectivity index (χ2v) is 4.29. The molecule has 0 aromatic heterocycles. The lowest BCUT2D eigenvalue weighted by molar-refractivity contribution is 1.14. The van der Waals surface area contributed by atoms with Gasteiger partial charge in [-0.15, -0.1) is 0 Å². The summed E-state index contributed by atoms with van der Waals surface area (Å²) < 4.78 is 0. The van der Waals surface area contributed by atoms with Crippen LogP contribution in [0.25, 0.3) is 16.7 Å². The number of hydrogen-bond acceptors (Lipinski definition) is 0. The molecular formula is C18H18. The van der Waals surface area contributed by atoms with Crippen LogP contribution in [0.15, 0.2) is 67.8 Å². The van der Waals surface area contributed by atoms with Crippen molar-refractivity contribution >= 4 is 5.57 Å². The normalized spacial score (nSPS) is 10.1. The quantitative estimate of drug-likeness (QED) is 0.644. The Kier molecular flexibility index (Phi) is 3.78. The number of benzene rings is 2. The standard InChI is InChI=1S/C18H18/c1-4-14(3)16-11-8-9-13-18(16)17-12-7-6-10-15(17)5-2/h4,6-13H,1,3,5H2,2H3. The van der Waals surface area contributed by atoms with Gasteiger partial charge in [0.25, 0.3) is 0 Å². The van der Waals surface area contributed by atoms with Crippen molar-refractivity contribution in [2.75, 3.05) is 0 Å². The van der Waals surface area contributed by atoms with E-state index in [9.17, 15) is 0 Å². The van der Waals surface area contributed by atoms with Crippen molar-refractivity contribution in [1.29, 1.82) is 0 Å². The average Bonchev–Trinajstić information content (AvgIpc) is 2.46. The van der Waals surface area contributed by atoms with E-state index < -0.39 is 0 Å². The van der Waals surface area contributed by atoms with E-state index in [0.29, 0.717) is 0 Å². The molecule has 0 spiro atoms. The number of rotatable bonds is 4. The predicted molar refractivity (Wildman–Crippen MR) is 80.5 cm³/mol. The molecule has 90 valence electrons. The molecule has 2 rings (SSSR count). The van der Waals surface area contributed by atoms with E-state index >= 15 is 0 Å². The van der Waals surface area contributed by atoms with E-state index in [2.05, 4.69) is 62.5 Å². The Morgan fingerprint density at radius 3 is 2.28 bits per heavy atom. The summed E-state index contributed by atoms with van der Waals surface area (Å²) in [5.41, 5.74) is 6.02. The van der Waals surface area contributed by atoms with Crippen molar-refractivity contribution in [2.24, 2.45) is 0 Å². The molecule has 0 fully saturated rings. The summed E-state index contributed by atoms with van der Waals surface area (Å²) in [5.74, 6) is 0. The molecule has 0 radical (unpaired) electrons. The first-order chi connectivity index (χ1) is 8.77. The fourth-order valence-electron chi connectivity index (χ4n) is 2.20. The zero-order valence-electron chi connectivity index (χ0n) is 10.8. The highest BCUT2D eigenvalue weighted by Gasteiger charge is 2.08. The summed E-state index contributed by atoms with van der Waals surface area (Å²) in [6, 6.07) is 16.9. The van der Waals surface area contributed by atoms with Crippen LogP contribution in [-0.4, -0.2) is 0 Å². The molecule has 2 aromatic carbocycles. The summed E-state index contributed by atoms with van der Waals surface area (Å²) in [7, 11) is 0. The monoisotopic (exact) mass is 234 g/mol. The van der Waals surface area contributed by atoms with Crippen LogP contribution < -0.4 is 0 Å². The number of hydrogen-bond donors (Lipinski definition) is 0. The van der Waals surface area contributed by atoms with Gasteiger partial charge in [-0.25, -0.2) is 0 Å². The van der Waals surface area contributed by atoms with Gasteiger partial charge in [0, 0.05) is 0 Å². The minimum absolute atomic E-state index is 0.969. The Bertz CT molecular complexity index is 576. The largest absolute Gasteiger partial charge is 0.0985 e. The number of allylic oxidation sites excluding steroid dienone is 2. The van der Waals surface area contributed by atoms with Gasteiger partial charge >= 0.3 is 0 Å². The summed E-state index contributed by atoms with van der Waals surface area (Å²) in [6.07, 6.45) is 2.85. The van der Waals surface area contributed by atoms with Gasteiger partial charge in [0.05, 0.1) is 0 Å². The van der Waals surface area contributed by atoms with Gasteiger partial charge in [0.15, 0.2) is 0 Å². The number of aryl methyl sites for hydroxylation is 1. The minimum atomic E-state index is 0.969. The lowest BCUT2D eigenvalue weighted by atomic mass is 9.91. The summed E-state index contributed by atoms with van der Waals surface area (Å²) in [6.45, 7) is 10.1. The van der Waals surface area contributed by atoms with Crippen LogP contribution in [0.2, 0.25) is 0 Å². The van der Waals surface area contributed by atoms with Crippen molar-refractivity contribution in [1.82, 2.24) is 0 Å². The van der Waals surface area contributed by atoms with Crippen molar-refractivity contribution in [2.45, 2.75) is 13.3 Å². The Morgan fingerprint density at radius 1 is 1.00 bits per heavy atom. The van der Waals surface area contributed by atoms with Crippen LogP contribution in [0, 0.1) is 0 Å². The predicted octanol–water partition coefficient (Wildman–Crippen LogP) is 5.12. The molecule has 0 aliphatic heterocycles. The third-order valence-corrected chi connectivity index (χ3v) is 3.21. The Balaban J connectivity index is 2.64. The van der Waals surface area contributed by atoms with E-state index in [1.54, 1.807) is 0 Å². The van der Waals surface area contributed by atoms with Gasteiger partial charge in [0.1, 0.15) is 0 Å². The molecule has 0 atom stereocenters. The molecule has 0 amide bonds. The topological polar surface area (TPSA) is 0 Å². The second-order valence-electron chi connectivity index (χ2n) is 4.29. The SMILES string of the molecule is C=CC(=C)c1ccccc1-c1ccccc1CC. The maximum atomic E-state index is 4.07. The minimum Gasteiger partial charge on any atom is -0.0985 e. The van der Waals surface area contributed by atoms with Gasteiger partial charge in [-0.1, -0.05) is 74.7 Å². The van der Waals surface area contributed by atoms with Crippen molar-refractivity contribution in [3.05, 3.63) is 78.9 Å². The molecule has 0 heteroatoms. The van der Waals surface area contributed by atoms with Gasteiger partial charge in [0.2, 0.25) is 0 Å². The maximum Gasteiger partial charge on any atom is -0.0103 e. The molecule has 0 aliphatic rings. The van der Waals surface area contributed by atoms with Crippen LogP contribution in [0.1, 0.15) is 18.1 Å². The molecule has 0 aliphatic carbocycles. The van der Waals surface area contributed by atoms with Gasteiger partial charge in [-0.3, -0.25) is 0 Å². The Hall–Kier alpha value is -2.08. The first kappa shape index (κ1) is 12.4. The van der Waals surface area contributed by atoms with Crippen molar-refractivity contribution in [3.8, 4) is 11.1 Å². The zero-order chi connectivity index (χ0) is 13.0. The Morgan fingerprint density at radius 2 is 1.61 bits per heavy atom. The molecule has 0 saturated carbocycles. The van der Waals surface area contributed by atoms with E-state index in [0.717, 1.165) is 17.6 Å². The maximum absolute atomic E-state index is 4.07. The molecular weight excluding hydrogens is 216 g/mol. The molecule has 18 heavy (non-hydrogen) atoms. The summed E-state index contributed by atoms with van der Waals surface area (Å²) >= 11 is 0. The third-order valence-electron chi connectivity index (χ3n) is 3.21. The van der Waals surface area contributed by atoms with Crippen LogP contribution in [-0.2, 0) is 6.42 Å². The molecule has 0 N–H and O–H groups in total. The van der Waals surface area contributed by atoms with Crippen molar-refractivity contribution in [3.63, 3.8) is 0 Å². The van der Waals surface area contributed by atoms with Crippen LogP contribution in [0.3, 0.4) is 0 Å². The molecule has 2 aromatic rings. The second kappa shape index (κ2) is 5.50. The highest BCUT2D eigenvalue weighted by atomic mass is 14.1. The average molecular weight is 234 g/mol. The molecule has 0 heterocycles. The third kappa shape index (κ3) is 2.28. The first-order valence-corrected chi connectivity index (χ1v) is 6.27. The van der Waals surface area contributed by atoms with Gasteiger partial charge < -0.3 is 0 Å². The summed E-state index contributed by atoms with van der Waals surface area (Å²) in [5, 5.41) is 0. The molecule has 0 unspecified atom stereocenters. The summed E-state index contributed by atoms with van der Waals surface area (Å²) in [4.78, 5) is 0. The lowest BCUT2D eigenvalue weighted by Crippen LogP contribution is -1.91. The Labute approximate surface area is 109 Å². The van der Waals surface area contributed by atoms with Crippen molar-refractivity contribution < 1.29 is 0 Å². The molecule has 0 saturated heterocycles. The fraction of sp³-hybridized carbons (Fsp3) is 0.111. The lowest BCUT2D eigenvalue weighted by Gasteiger charge is -2.13. The van der Waals surface area contributed by atoms with Gasteiger partial charge in [-0.05, 0) is 34.2 Å². The molecule has 0 bridgehead atoms. The smallest absolute Gasteiger partial charge is 0.0103 e. The first-order valence-electron chi connectivity index (χ1n) is 6.27. The van der Waals surface area contributed by atoms with E-state index in [1.807, 2.05) is 12.1 Å². The van der Waals surface area contributed by atoms with Crippen LogP contribution >= 0.6 is 0 Å². The highest BCUT2D eigenvalue weighted by molar-refractivity contribution is 5.85.